The smallest absolute Gasteiger partial charge is 0.269 e. The van der Waals surface area contributed by atoms with Crippen LogP contribution in [0.2, 0.25) is 0 Å². The molecule has 2 aromatic rings. The second kappa shape index (κ2) is 6.13. The van der Waals surface area contributed by atoms with E-state index in [9.17, 15) is 10.1 Å². The zero-order valence-corrected chi connectivity index (χ0v) is 12.1. The predicted octanol–water partition coefficient (Wildman–Crippen LogP) is 4.38. The standard InChI is InChI=1S/C15H16N4O2/c1-11-10-13(6-9-15(11)18(2)3)17-16-12-4-7-14(8-5-12)19(20)21/h4-10H,1-3H3/b17-16+. The van der Waals surface area contributed by atoms with E-state index in [0.717, 1.165) is 16.9 Å². The maximum atomic E-state index is 10.6. The molecule has 0 N–H and O–H groups in total. The number of non-ortho nitro benzene ring substituents is 1. The maximum Gasteiger partial charge on any atom is 0.269 e. The molecule has 6 nitrogen and oxygen atoms in total. The molecule has 0 unspecified atom stereocenters. The highest BCUT2D eigenvalue weighted by molar-refractivity contribution is 5.58. The van der Waals surface area contributed by atoms with E-state index in [0.29, 0.717) is 5.69 Å². The molecule has 0 saturated heterocycles. The Bertz CT molecular complexity index is 679. The van der Waals surface area contributed by atoms with Gasteiger partial charge in [0.1, 0.15) is 0 Å². The van der Waals surface area contributed by atoms with E-state index in [4.69, 9.17) is 0 Å². The minimum atomic E-state index is -0.440. The van der Waals surface area contributed by atoms with Gasteiger partial charge in [0.25, 0.3) is 5.69 Å². The van der Waals surface area contributed by atoms with Crippen LogP contribution in [0.1, 0.15) is 5.56 Å². The summed E-state index contributed by atoms with van der Waals surface area (Å²) in [6.45, 7) is 2.01. The normalized spacial score (nSPS) is 10.8. The number of benzene rings is 2. The summed E-state index contributed by atoms with van der Waals surface area (Å²) in [7, 11) is 3.97. The average Bonchev–Trinajstić information content (AvgIpc) is 2.45. The lowest BCUT2D eigenvalue weighted by Crippen LogP contribution is -2.09. The number of rotatable bonds is 4. The van der Waals surface area contributed by atoms with Gasteiger partial charge in [-0.1, -0.05) is 0 Å². The lowest BCUT2D eigenvalue weighted by molar-refractivity contribution is -0.384. The van der Waals surface area contributed by atoms with Gasteiger partial charge >= 0.3 is 0 Å². The number of nitro groups is 1. The Hall–Kier alpha value is -2.76. The van der Waals surface area contributed by atoms with Crippen molar-refractivity contribution in [1.29, 1.82) is 0 Å². The molecule has 0 aliphatic rings. The number of hydrogen-bond acceptors (Lipinski definition) is 5. The summed E-state index contributed by atoms with van der Waals surface area (Å²) >= 11 is 0. The fraction of sp³-hybridized carbons (Fsp3) is 0.200. The topological polar surface area (TPSA) is 71.1 Å². The zero-order chi connectivity index (χ0) is 15.4. The minimum absolute atomic E-state index is 0.0418. The molecular formula is C15H16N4O2. The summed E-state index contributed by atoms with van der Waals surface area (Å²) in [5.74, 6) is 0. The van der Waals surface area contributed by atoms with Gasteiger partial charge in [-0.25, -0.2) is 0 Å². The van der Waals surface area contributed by atoms with Gasteiger partial charge < -0.3 is 4.90 Å². The molecule has 2 rings (SSSR count). The van der Waals surface area contributed by atoms with Gasteiger partial charge in [0.05, 0.1) is 16.3 Å². The van der Waals surface area contributed by atoms with Crippen molar-refractivity contribution in [3.63, 3.8) is 0 Å². The SMILES string of the molecule is Cc1cc(/N=N/c2ccc([N+](=O)[O-])cc2)ccc1N(C)C. The van der Waals surface area contributed by atoms with Crippen molar-refractivity contribution in [2.75, 3.05) is 19.0 Å². The first-order chi connectivity index (χ1) is 9.97. The van der Waals surface area contributed by atoms with Crippen molar-refractivity contribution >= 4 is 22.7 Å². The van der Waals surface area contributed by atoms with Crippen molar-refractivity contribution in [1.82, 2.24) is 0 Å². The van der Waals surface area contributed by atoms with E-state index in [-0.39, 0.29) is 5.69 Å². The Morgan fingerprint density at radius 1 is 1.00 bits per heavy atom. The highest BCUT2D eigenvalue weighted by Gasteiger charge is 2.04. The Morgan fingerprint density at radius 2 is 1.57 bits per heavy atom. The van der Waals surface area contributed by atoms with Crippen LogP contribution >= 0.6 is 0 Å². The molecule has 0 aromatic heterocycles. The molecule has 0 fully saturated rings. The van der Waals surface area contributed by atoms with E-state index >= 15 is 0 Å². The van der Waals surface area contributed by atoms with Crippen LogP contribution in [0.5, 0.6) is 0 Å². The molecule has 0 amide bonds. The molecule has 0 aliphatic heterocycles. The highest BCUT2D eigenvalue weighted by atomic mass is 16.6. The first-order valence-electron chi connectivity index (χ1n) is 6.41. The number of aryl methyl sites for hydroxylation is 1. The van der Waals surface area contributed by atoms with Gasteiger partial charge in [-0.05, 0) is 42.8 Å². The van der Waals surface area contributed by atoms with Crippen molar-refractivity contribution in [2.24, 2.45) is 10.2 Å². The Morgan fingerprint density at radius 3 is 2.10 bits per heavy atom. The summed E-state index contributed by atoms with van der Waals surface area (Å²) in [5, 5.41) is 18.8. The molecule has 0 spiro atoms. The van der Waals surface area contributed by atoms with Gasteiger partial charge in [0.2, 0.25) is 0 Å². The average molecular weight is 284 g/mol. The van der Waals surface area contributed by atoms with Gasteiger partial charge in [0, 0.05) is 31.9 Å². The largest absolute Gasteiger partial charge is 0.377 e. The van der Waals surface area contributed by atoms with E-state index in [2.05, 4.69) is 10.2 Å². The second-order valence-corrected chi connectivity index (χ2v) is 4.84. The number of nitrogens with zero attached hydrogens (tertiary/aromatic N) is 4. The van der Waals surface area contributed by atoms with Gasteiger partial charge in [-0.2, -0.15) is 10.2 Å². The number of hydrogen-bond donors (Lipinski definition) is 0. The monoisotopic (exact) mass is 284 g/mol. The number of anilines is 1. The van der Waals surface area contributed by atoms with Gasteiger partial charge in [-0.15, -0.1) is 0 Å². The summed E-state index contributed by atoms with van der Waals surface area (Å²) in [4.78, 5) is 12.2. The molecule has 21 heavy (non-hydrogen) atoms. The van der Waals surface area contributed by atoms with Gasteiger partial charge in [-0.3, -0.25) is 10.1 Å². The van der Waals surface area contributed by atoms with Crippen LogP contribution in [0.3, 0.4) is 0 Å². The fourth-order valence-electron chi connectivity index (χ4n) is 1.96. The minimum Gasteiger partial charge on any atom is -0.377 e. The van der Waals surface area contributed by atoms with Crippen LogP contribution in [-0.4, -0.2) is 19.0 Å². The maximum absolute atomic E-state index is 10.6. The molecule has 0 atom stereocenters. The highest BCUT2D eigenvalue weighted by Crippen LogP contribution is 2.25. The van der Waals surface area contributed by atoms with E-state index in [1.54, 1.807) is 12.1 Å². The Balaban J connectivity index is 2.17. The summed E-state index contributed by atoms with van der Waals surface area (Å²) in [6.07, 6.45) is 0. The van der Waals surface area contributed by atoms with Crippen LogP contribution in [0.15, 0.2) is 52.7 Å². The first-order valence-corrected chi connectivity index (χ1v) is 6.41. The summed E-state index contributed by atoms with van der Waals surface area (Å²) in [5.41, 5.74) is 3.61. The van der Waals surface area contributed by atoms with Crippen molar-refractivity contribution in [2.45, 2.75) is 6.92 Å². The molecule has 0 saturated carbocycles. The summed E-state index contributed by atoms with van der Waals surface area (Å²) in [6, 6.07) is 11.8. The van der Waals surface area contributed by atoms with Crippen molar-refractivity contribution < 1.29 is 4.92 Å². The van der Waals surface area contributed by atoms with Crippen LogP contribution < -0.4 is 4.90 Å². The molecule has 0 aliphatic carbocycles. The third-order valence-electron chi connectivity index (χ3n) is 3.00. The quantitative estimate of drug-likeness (QED) is 0.475. The summed E-state index contributed by atoms with van der Waals surface area (Å²) < 4.78 is 0. The van der Waals surface area contributed by atoms with Gasteiger partial charge in [0.15, 0.2) is 0 Å². The molecule has 6 heteroatoms. The third-order valence-corrected chi connectivity index (χ3v) is 3.00. The molecule has 2 aromatic carbocycles. The van der Waals surface area contributed by atoms with Crippen LogP contribution in [-0.2, 0) is 0 Å². The van der Waals surface area contributed by atoms with Crippen molar-refractivity contribution in [3.05, 3.63) is 58.1 Å². The van der Waals surface area contributed by atoms with Crippen molar-refractivity contribution in [3.8, 4) is 0 Å². The lowest BCUT2D eigenvalue weighted by atomic mass is 10.1. The van der Waals surface area contributed by atoms with E-state index in [1.165, 1.54) is 12.1 Å². The number of nitro benzene ring substituents is 1. The Kier molecular flexibility index (Phi) is 4.27. The molecule has 0 radical (unpaired) electrons. The molecule has 0 heterocycles. The second-order valence-electron chi connectivity index (χ2n) is 4.84. The van der Waals surface area contributed by atoms with Crippen LogP contribution in [0, 0.1) is 17.0 Å². The zero-order valence-electron chi connectivity index (χ0n) is 12.1. The lowest BCUT2D eigenvalue weighted by Gasteiger charge is -2.15. The number of azo groups is 1. The van der Waals surface area contributed by atoms with E-state index in [1.807, 2.05) is 44.1 Å². The van der Waals surface area contributed by atoms with Crippen LogP contribution in [0.25, 0.3) is 0 Å². The fourth-order valence-corrected chi connectivity index (χ4v) is 1.96. The first kappa shape index (κ1) is 14.6. The predicted molar refractivity (Wildman–Crippen MR) is 82.8 cm³/mol. The third kappa shape index (κ3) is 3.62. The molecule has 108 valence electrons. The molecule has 0 bridgehead atoms. The van der Waals surface area contributed by atoms with Crippen LogP contribution in [0.4, 0.5) is 22.7 Å². The Labute approximate surface area is 122 Å². The van der Waals surface area contributed by atoms with E-state index < -0.39 is 4.92 Å². The molecular weight excluding hydrogens is 268 g/mol.